The molecule has 1 aromatic heterocycles. The second-order valence-corrected chi connectivity index (χ2v) is 14.3. The van der Waals surface area contributed by atoms with Crippen LogP contribution in [-0.2, 0) is 4.74 Å². The number of piperazine rings is 1. The van der Waals surface area contributed by atoms with E-state index in [1.54, 1.807) is 13.0 Å². The van der Waals surface area contributed by atoms with Crippen LogP contribution in [0.3, 0.4) is 0 Å². The number of halogens is 2. The van der Waals surface area contributed by atoms with Crippen molar-refractivity contribution in [1.29, 1.82) is 0 Å². The summed E-state index contributed by atoms with van der Waals surface area (Å²) in [7, 11) is 0. The van der Waals surface area contributed by atoms with Crippen molar-refractivity contribution in [3.8, 4) is 35.2 Å². The van der Waals surface area contributed by atoms with Gasteiger partial charge in [0.1, 0.15) is 23.2 Å². The van der Waals surface area contributed by atoms with Gasteiger partial charge in [0.15, 0.2) is 0 Å². The monoisotopic (exact) mass is 637 g/mol. The lowest BCUT2D eigenvalue weighted by atomic mass is 9.90. The first-order chi connectivity index (χ1) is 22.8. The summed E-state index contributed by atoms with van der Waals surface area (Å²) in [5.74, 6) is 1.93. The molecule has 8 nitrogen and oxygen atoms in total. The topological polar surface area (TPSA) is 83.0 Å². The van der Waals surface area contributed by atoms with Crippen molar-refractivity contribution in [3.05, 3.63) is 53.1 Å². The summed E-state index contributed by atoms with van der Waals surface area (Å²) in [5, 5.41) is 15.8. The highest BCUT2D eigenvalue weighted by Gasteiger charge is 2.49. The molecule has 9 rings (SSSR count). The van der Waals surface area contributed by atoms with E-state index in [0.717, 1.165) is 64.9 Å². The first-order valence-electron chi connectivity index (χ1n) is 16.7. The molecule has 4 bridgehead atoms. The highest BCUT2D eigenvalue weighted by Crippen LogP contribution is 2.48. The number of ether oxygens (including phenoxy) is 2. The van der Waals surface area contributed by atoms with Crippen LogP contribution in [0.2, 0.25) is 0 Å². The number of rotatable bonds is 7. The molecule has 2 N–H and O–H groups in total. The van der Waals surface area contributed by atoms with E-state index in [1.165, 1.54) is 24.3 Å². The molecular formula is C37H37F2N5O3. The van der Waals surface area contributed by atoms with Gasteiger partial charge in [-0.1, -0.05) is 12.0 Å². The molecule has 3 aromatic carbocycles. The summed E-state index contributed by atoms with van der Waals surface area (Å²) in [5.41, 5.74) is 1.71. The Hall–Kier alpha value is -4.04. The predicted octanol–water partition coefficient (Wildman–Crippen LogP) is 5.30. The zero-order valence-corrected chi connectivity index (χ0v) is 26.4. The molecule has 0 radical (unpaired) electrons. The SMILES string of the molecule is C#Cc1c(F)ccc2cc(O)cc(-c3c(F)cc4c(N5CC6CCC(C5)N6)nc(OCC5(CN6C[C@@H]7C[C@H]6CO7)CC5)nc4c3C)c12. The molecule has 0 spiro atoms. The number of benzene rings is 3. The number of nitrogens with one attached hydrogen (secondary N) is 1. The van der Waals surface area contributed by atoms with Crippen molar-refractivity contribution >= 4 is 27.5 Å². The summed E-state index contributed by atoms with van der Waals surface area (Å²) in [4.78, 5) is 14.7. The Morgan fingerprint density at radius 3 is 2.62 bits per heavy atom. The van der Waals surface area contributed by atoms with Gasteiger partial charge < -0.3 is 24.8 Å². The van der Waals surface area contributed by atoms with Gasteiger partial charge in [0.05, 0.1) is 30.4 Å². The summed E-state index contributed by atoms with van der Waals surface area (Å²) in [6.45, 7) is 6.61. The second-order valence-electron chi connectivity index (χ2n) is 14.3. The average Bonchev–Trinajstić information content (AvgIpc) is 3.32. The predicted molar refractivity (Wildman–Crippen MR) is 176 cm³/mol. The maximum absolute atomic E-state index is 16.5. The third-order valence-corrected chi connectivity index (χ3v) is 11.1. The fourth-order valence-corrected chi connectivity index (χ4v) is 8.57. The molecule has 4 aromatic rings. The lowest BCUT2D eigenvalue weighted by Gasteiger charge is -2.34. The minimum atomic E-state index is -0.581. The van der Waals surface area contributed by atoms with E-state index in [-0.39, 0.29) is 28.3 Å². The fourth-order valence-electron chi connectivity index (χ4n) is 8.57. The number of morpholine rings is 1. The number of phenols is 1. The van der Waals surface area contributed by atoms with Gasteiger partial charge in [0.2, 0.25) is 0 Å². The molecule has 1 saturated carbocycles. The van der Waals surface area contributed by atoms with E-state index in [0.29, 0.717) is 69.5 Å². The largest absolute Gasteiger partial charge is 0.508 e. The van der Waals surface area contributed by atoms with Crippen LogP contribution in [0.1, 0.15) is 43.2 Å². The van der Waals surface area contributed by atoms with Gasteiger partial charge in [0, 0.05) is 66.1 Å². The molecule has 4 atom stereocenters. The molecular weight excluding hydrogens is 600 g/mol. The van der Waals surface area contributed by atoms with Crippen LogP contribution in [0.25, 0.3) is 32.8 Å². The van der Waals surface area contributed by atoms with Gasteiger partial charge in [-0.3, -0.25) is 4.90 Å². The van der Waals surface area contributed by atoms with Crippen molar-refractivity contribution in [2.24, 2.45) is 5.41 Å². The van der Waals surface area contributed by atoms with Gasteiger partial charge in [-0.05, 0) is 79.8 Å². The van der Waals surface area contributed by atoms with Gasteiger partial charge in [0.25, 0.3) is 0 Å². The molecule has 10 heteroatoms. The van der Waals surface area contributed by atoms with Crippen molar-refractivity contribution < 1.29 is 23.4 Å². The molecule has 4 saturated heterocycles. The van der Waals surface area contributed by atoms with Crippen LogP contribution in [-0.4, -0.2) is 83.6 Å². The number of terminal acetylenes is 1. The molecule has 5 aliphatic rings. The van der Waals surface area contributed by atoms with Crippen molar-refractivity contribution in [2.45, 2.75) is 63.3 Å². The number of aromatic hydroxyl groups is 1. The maximum Gasteiger partial charge on any atom is 0.318 e. The van der Waals surface area contributed by atoms with E-state index in [2.05, 4.69) is 21.0 Å². The average molecular weight is 638 g/mol. The van der Waals surface area contributed by atoms with E-state index in [4.69, 9.17) is 25.9 Å². The Labute approximate surface area is 272 Å². The Bertz CT molecular complexity index is 1980. The lowest BCUT2D eigenvalue weighted by molar-refractivity contribution is 0.0176. The zero-order valence-electron chi connectivity index (χ0n) is 26.4. The van der Waals surface area contributed by atoms with E-state index < -0.39 is 11.6 Å². The Balaban J connectivity index is 1.15. The van der Waals surface area contributed by atoms with Crippen molar-refractivity contribution in [2.75, 3.05) is 44.3 Å². The number of anilines is 1. The highest BCUT2D eigenvalue weighted by atomic mass is 19.1. The summed E-state index contributed by atoms with van der Waals surface area (Å²) in [6, 6.07) is 8.69. The van der Waals surface area contributed by atoms with E-state index in [9.17, 15) is 9.50 Å². The maximum atomic E-state index is 16.5. The third kappa shape index (κ3) is 4.90. The minimum Gasteiger partial charge on any atom is -0.508 e. The Morgan fingerprint density at radius 2 is 1.91 bits per heavy atom. The molecule has 5 fully saturated rings. The minimum absolute atomic E-state index is 0.0209. The zero-order chi connectivity index (χ0) is 32.0. The van der Waals surface area contributed by atoms with Crippen molar-refractivity contribution in [3.63, 3.8) is 0 Å². The molecule has 242 valence electrons. The quantitative estimate of drug-likeness (QED) is 0.265. The standard InChI is InChI=1S/C37H37F2N5O3/c1-3-27-30(38)7-4-21-10-25(45)12-28(33(21)27)32-20(2)34-29(13-31(32)39)35(43-14-22-5-6-23(15-43)40-22)42-36(41-34)47-19-37(8-9-37)18-44-16-26-11-24(44)17-46-26/h1,4,7,10,12-13,22-24,26,40,45H,5-6,8-9,11,14-19H2,2H3/t22?,23?,24-,26-/m0/s1. The molecule has 5 heterocycles. The molecule has 2 unspecified atom stereocenters. The van der Waals surface area contributed by atoms with Gasteiger partial charge in [-0.2, -0.15) is 9.97 Å². The molecule has 0 amide bonds. The van der Waals surface area contributed by atoms with Crippen molar-refractivity contribution in [1.82, 2.24) is 20.2 Å². The summed E-state index contributed by atoms with van der Waals surface area (Å²) < 4.78 is 43.7. The first-order valence-corrected chi connectivity index (χ1v) is 16.7. The number of phenolic OH excluding ortho intramolecular Hbond substituents is 1. The number of nitrogens with zero attached hydrogens (tertiary/aromatic N) is 4. The Kier molecular flexibility index (Phi) is 6.66. The fraction of sp³-hybridized carbons (Fsp3) is 0.459. The second kappa shape index (κ2) is 10.7. The number of aromatic nitrogens is 2. The molecule has 47 heavy (non-hydrogen) atoms. The van der Waals surface area contributed by atoms with Crippen LogP contribution in [0.5, 0.6) is 11.8 Å². The third-order valence-electron chi connectivity index (χ3n) is 11.1. The van der Waals surface area contributed by atoms with Crippen LogP contribution in [0, 0.1) is 36.3 Å². The summed E-state index contributed by atoms with van der Waals surface area (Å²) >= 11 is 0. The number of hydrogen-bond donors (Lipinski definition) is 2. The van der Waals surface area contributed by atoms with E-state index in [1.807, 2.05) is 0 Å². The number of aryl methyl sites for hydroxylation is 1. The normalized spacial score (nSPS) is 26.0. The number of hydrogen-bond acceptors (Lipinski definition) is 8. The Morgan fingerprint density at radius 1 is 1.11 bits per heavy atom. The van der Waals surface area contributed by atoms with Crippen LogP contribution in [0.4, 0.5) is 14.6 Å². The van der Waals surface area contributed by atoms with Crippen LogP contribution >= 0.6 is 0 Å². The van der Waals surface area contributed by atoms with Gasteiger partial charge >= 0.3 is 6.01 Å². The van der Waals surface area contributed by atoms with Crippen LogP contribution < -0.4 is 15.0 Å². The number of fused-ring (bicyclic) bond motifs is 6. The molecule has 4 aliphatic heterocycles. The smallest absolute Gasteiger partial charge is 0.318 e. The summed E-state index contributed by atoms with van der Waals surface area (Å²) in [6.07, 6.45) is 11.6. The van der Waals surface area contributed by atoms with Gasteiger partial charge in [-0.25, -0.2) is 8.78 Å². The highest BCUT2D eigenvalue weighted by molar-refractivity contribution is 6.05. The van der Waals surface area contributed by atoms with Gasteiger partial charge in [-0.15, -0.1) is 6.42 Å². The molecule has 1 aliphatic carbocycles. The first kappa shape index (κ1) is 29.1. The van der Waals surface area contributed by atoms with E-state index >= 15 is 4.39 Å². The van der Waals surface area contributed by atoms with Crippen LogP contribution in [0.15, 0.2) is 30.3 Å². The lowest BCUT2D eigenvalue weighted by Crippen LogP contribution is -2.51. The number of likely N-dealkylation sites (tertiary alicyclic amines) is 1.